The molecule has 1 aromatic heterocycles. The zero-order chi connectivity index (χ0) is 15.9. The summed E-state index contributed by atoms with van der Waals surface area (Å²) in [6, 6.07) is 7.73. The van der Waals surface area contributed by atoms with Crippen molar-refractivity contribution in [2.24, 2.45) is 0 Å². The van der Waals surface area contributed by atoms with Crippen LogP contribution in [0.5, 0.6) is 0 Å². The van der Waals surface area contributed by atoms with Crippen LogP contribution in [0.15, 0.2) is 39.2 Å². The van der Waals surface area contributed by atoms with Crippen molar-refractivity contribution in [3.8, 4) is 0 Å². The number of rotatable bonds is 7. The third-order valence-electron chi connectivity index (χ3n) is 2.82. The number of aryl methyl sites for hydroxylation is 1. The van der Waals surface area contributed by atoms with E-state index in [0.29, 0.717) is 5.16 Å². The lowest BCUT2D eigenvalue weighted by Gasteiger charge is -2.01. The molecule has 0 aliphatic rings. The van der Waals surface area contributed by atoms with Gasteiger partial charge in [-0.1, -0.05) is 19.1 Å². The molecule has 2 N–H and O–H groups in total. The molecule has 0 aliphatic heterocycles. The summed E-state index contributed by atoms with van der Waals surface area (Å²) in [5, 5.41) is 16.6. The summed E-state index contributed by atoms with van der Waals surface area (Å²) in [5.74, 6) is -0.208. The first-order valence-corrected chi connectivity index (χ1v) is 8.84. The van der Waals surface area contributed by atoms with Gasteiger partial charge in [-0.15, -0.1) is 16.9 Å². The van der Waals surface area contributed by atoms with Gasteiger partial charge in [0, 0.05) is 11.3 Å². The summed E-state index contributed by atoms with van der Waals surface area (Å²) >= 11 is 2.70. The topological polar surface area (TPSA) is 78.9 Å². The molecule has 1 aromatic carbocycles. The second-order valence-electron chi connectivity index (χ2n) is 4.50. The summed E-state index contributed by atoms with van der Waals surface area (Å²) in [6.07, 6.45) is 5.39. The Hall–Kier alpha value is -1.73. The molecule has 2 rings (SSSR count). The molecule has 0 spiro atoms. The molecule has 1 heterocycles. The Kier molecular flexibility index (Phi) is 6.09. The Morgan fingerprint density at radius 1 is 1.36 bits per heavy atom. The van der Waals surface area contributed by atoms with Crippen molar-refractivity contribution in [3.63, 3.8) is 0 Å². The van der Waals surface area contributed by atoms with Crippen molar-refractivity contribution in [2.75, 3.05) is 6.26 Å². The number of hydrogen-bond acceptors (Lipinski definition) is 5. The largest absolute Gasteiger partial charge is 0.477 e. The summed E-state index contributed by atoms with van der Waals surface area (Å²) in [4.78, 5) is 17.0. The van der Waals surface area contributed by atoms with E-state index in [9.17, 15) is 9.90 Å². The van der Waals surface area contributed by atoms with Crippen LogP contribution in [0.1, 0.15) is 24.7 Å². The van der Waals surface area contributed by atoms with Gasteiger partial charge in [0.1, 0.15) is 10.7 Å². The number of H-pyrrole nitrogens is 1. The first kappa shape index (κ1) is 16.6. The van der Waals surface area contributed by atoms with Crippen molar-refractivity contribution in [3.05, 3.63) is 40.6 Å². The molecule has 5 nitrogen and oxygen atoms in total. The maximum absolute atomic E-state index is 11.4. The zero-order valence-electron chi connectivity index (χ0n) is 12.4. The van der Waals surface area contributed by atoms with Crippen LogP contribution in [0, 0.1) is 0 Å². The maximum atomic E-state index is 11.4. The Labute approximate surface area is 137 Å². The molecule has 0 saturated carbocycles. The minimum atomic E-state index is -0.985. The van der Waals surface area contributed by atoms with Gasteiger partial charge in [0.25, 0.3) is 0 Å². The highest BCUT2D eigenvalue weighted by molar-refractivity contribution is 8.04. The Morgan fingerprint density at radius 3 is 2.68 bits per heavy atom. The van der Waals surface area contributed by atoms with Gasteiger partial charge in [-0.05, 0) is 48.2 Å². The predicted octanol–water partition coefficient (Wildman–Crippen LogP) is 3.70. The van der Waals surface area contributed by atoms with Gasteiger partial charge >= 0.3 is 5.97 Å². The number of carboxylic acids is 1. The molecule has 0 atom stereocenters. The van der Waals surface area contributed by atoms with Crippen LogP contribution in [0.4, 0.5) is 0 Å². The first-order chi connectivity index (χ1) is 10.6. The van der Waals surface area contributed by atoms with Crippen molar-refractivity contribution in [2.45, 2.75) is 29.8 Å². The Bertz CT molecular complexity index is 666. The minimum Gasteiger partial charge on any atom is -0.477 e. The third-order valence-corrected chi connectivity index (χ3v) is 4.44. The normalized spacial score (nSPS) is 11.6. The highest BCUT2D eigenvalue weighted by atomic mass is 32.2. The highest BCUT2D eigenvalue weighted by Crippen LogP contribution is 2.26. The van der Waals surface area contributed by atoms with E-state index in [-0.39, 0.29) is 4.91 Å². The summed E-state index contributed by atoms with van der Waals surface area (Å²) in [7, 11) is 0. The van der Waals surface area contributed by atoms with Gasteiger partial charge in [0.15, 0.2) is 0 Å². The SMILES string of the molecule is CCCc1nc(S/C(=C\c2ccc(SC)cc2)C(=O)O)n[nH]1. The fraction of sp³-hybridized carbons (Fsp3) is 0.267. The van der Waals surface area contributed by atoms with Gasteiger partial charge in [0.2, 0.25) is 5.16 Å². The van der Waals surface area contributed by atoms with Crippen LogP contribution < -0.4 is 0 Å². The Balaban J connectivity index is 2.17. The lowest BCUT2D eigenvalue weighted by Crippen LogP contribution is -1.97. The number of carboxylic acid groups (broad SMARTS) is 1. The molecule has 116 valence electrons. The molecule has 2 aromatic rings. The zero-order valence-corrected chi connectivity index (χ0v) is 14.0. The molecule has 0 radical (unpaired) electrons. The fourth-order valence-electron chi connectivity index (χ4n) is 1.76. The smallest absolute Gasteiger partial charge is 0.342 e. The molecule has 0 fully saturated rings. The minimum absolute atomic E-state index is 0.193. The van der Waals surface area contributed by atoms with Crippen molar-refractivity contribution in [1.29, 1.82) is 0 Å². The van der Waals surface area contributed by atoms with E-state index in [1.165, 1.54) is 0 Å². The van der Waals surface area contributed by atoms with Crippen LogP contribution >= 0.6 is 23.5 Å². The number of aliphatic carboxylic acids is 1. The quantitative estimate of drug-likeness (QED) is 0.593. The van der Waals surface area contributed by atoms with Crippen molar-refractivity contribution in [1.82, 2.24) is 15.2 Å². The van der Waals surface area contributed by atoms with Crippen LogP contribution in [-0.4, -0.2) is 32.5 Å². The molecule has 0 saturated heterocycles. The van der Waals surface area contributed by atoms with Gasteiger partial charge < -0.3 is 5.11 Å². The summed E-state index contributed by atoms with van der Waals surface area (Å²) in [5.41, 5.74) is 0.840. The average molecular weight is 335 g/mol. The fourth-order valence-corrected chi connectivity index (χ4v) is 2.89. The number of carbonyl (C=O) groups is 1. The number of nitrogens with one attached hydrogen (secondary N) is 1. The molecular formula is C15H17N3O2S2. The molecular weight excluding hydrogens is 318 g/mol. The summed E-state index contributed by atoms with van der Waals surface area (Å²) < 4.78 is 0. The van der Waals surface area contributed by atoms with Gasteiger partial charge in [-0.2, -0.15) is 0 Å². The maximum Gasteiger partial charge on any atom is 0.342 e. The average Bonchev–Trinajstić information content (AvgIpc) is 2.95. The lowest BCUT2D eigenvalue weighted by molar-refractivity contribution is -0.131. The van der Waals surface area contributed by atoms with Crippen LogP contribution in [-0.2, 0) is 11.2 Å². The Morgan fingerprint density at radius 2 is 2.09 bits per heavy atom. The number of hydrogen-bond donors (Lipinski definition) is 2. The lowest BCUT2D eigenvalue weighted by atomic mass is 10.2. The van der Waals surface area contributed by atoms with Gasteiger partial charge in [-0.25, -0.2) is 9.78 Å². The third kappa shape index (κ3) is 4.64. The molecule has 0 unspecified atom stereocenters. The predicted molar refractivity (Wildman–Crippen MR) is 90.1 cm³/mol. The standard InChI is InChI=1S/C15H17N3O2S2/c1-3-4-13-16-15(18-17-13)22-12(14(19)20)9-10-5-7-11(21-2)8-6-10/h5-9H,3-4H2,1-2H3,(H,19,20)(H,16,17,18)/b12-9-. The van der Waals surface area contributed by atoms with Crippen LogP contribution in [0.3, 0.4) is 0 Å². The monoisotopic (exact) mass is 335 g/mol. The van der Waals surface area contributed by atoms with E-state index < -0.39 is 5.97 Å². The number of aromatic nitrogens is 3. The first-order valence-electron chi connectivity index (χ1n) is 6.80. The molecule has 0 bridgehead atoms. The molecule has 0 aliphatic carbocycles. The van der Waals surface area contributed by atoms with Gasteiger partial charge in [-0.3, -0.25) is 5.10 Å². The van der Waals surface area contributed by atoms with E-state index in [2.05, 4.69) is 22.1 Å². The second-order valence-corrected chi connectivity index (χ2v) is 6.39. The van der Waals surface area contributed by atoms with E-state index in [1.807, 2.05) is 30.5 Å². The van der Waals surface area contributed by atoms with Crippen LogP contribution in [0.25, 0.3) is 6.08 Å². The van der Waals surface area contributed by atoms with E-state index >= 15 is 0 Å². The number of aromatic amines is 1. The summed E-state index contributed by atoms with van der Waals surface area (Å²) in [6.45, 7) is 2.05. The highest BCUT2D eigenvalue weighted by Gasteiger charge is 2.13. The molecule has 7 heteroatoms. The van der Waals surface area contributed by atoms with E-state index in [4.69, 9.17) is 0 Å². The number of thioether (sulfide) groups is 2. The van der Waals surface area contributed by atoms with Crippen molar-refractivity contribution >= 4 is 35.6 Å². The van der Waals surface area contributed by atoms with E-state index in [0.717, 1.165) is 40.9 Å². The van der Waals surface area contributed by atoms with E-state index in [1.54, 1.807) is 17.8 Å². The second kappa shape index (κ2) is 8.05. The van der Waals surface area contributed by atoms with Crippen LogP contribution in [0.2, 0.25) is 0 Å². The molecule has 0 amide bonds. The number of nitrogens with zero attached hydrogens (tertiary/aromatic N) is 2. The van der Waals surface area contributed by atoms with Crippen molar-refractivity contribution < 1.29 is 9.90 Å². The number of benzene rings is 1. The van der Waals surface area contributed by atoms with Gasteiger partial charge in [0.05, 0.1) is 0 Å². The molecule has 22 heavy (non-hydrogen) atoms.